The Bertz CT molecular complexity index is 1640. The molecule has 10 nitrogen and oxygen atoms in total. The van der Waals surface area contributed by atoms with Gasteiger partial charge < -0.3 is 28.6 Å². The number of aliphatic hydroxyl groups is 1. The Balaban J connectivity index is 1.81. The van der Waals surface area contributed by atoms with Crippen molar-refractivity contribution in [1.29, 1.82) is 0 Å². The van der Waals surface area contributed by atoms with Crippen LogP contribution in [0.15, 0.2) is 41.5 Å². The maximum atomic E-state index is 15.5. The molecule has 2 saturated carbocycles. The number of hydrogen-bond donors (Lipinski definition) is 1. The molecule has 1 N–H and O–H groups in total. The van der Waals surface area contributed by atoms with Gasteiger partial charge in [0, 0.05) is 40.2 Å². The number of Topliss-reactive ketones (excluding diaryl/α,β-unsaturated/α-hetero) is 1. The van der Waals surface area contributed by atoms with Gasteiger partial charge in [-0.05, 0) is 69.9 Å². The van der Waals surface area contributed by atoms with E-state index in [-0.39, 0.29) is 13.0 Å². The van der Waals surface area contributed by atoms with Gasteiger partial charge in [-0.25, -0.2) is 4.79 Å². The number of fused-ring (bicyclic) bond motifs is 5. The van der Waals surface area contributed by atoms with Crippen LogP contribution in [0.3, 0.4) is 0 Å². The molecule has 1 heterocycles. The summed E-state index contributed by atoms with van der Waals surface area (Å²) in [4.78, 5) is 55.8. The third-order valence-corrected chi connectivity index (χ3v) is 82.0. The van der Waals surface area contributed by atoms with Crippen molar-refractivity contribution in [3.8, 4) is 0 Å². The highest BCUT2D eigenvalue weighted by Crippen LogP contribution is 3.17. The summed E-state index contributed by atoms with van der Waals surface area (Å²) in [6.45, 7) is 7.32. The van der Waals surface area contributed by atoms with Crippen molar-refractivity contribution in [1.82, 2.24) is 0 Å². The summed E-state index contributed by atoms with van der Waals surface area (Å²) in [5.41, 5.74) is -2.30. The normalized spacial score (nSPS) is 34.3. The molecule has 1 saturated heterocycles. The molecule has 23 heteroatoms. The van der Waals surface area contributed by atoms with E-state index in [0.717, 1.165) is 5.57 Å². The highest BCUT2D eigenvalue weighted by molar-refractivity contribution is 9.19. The summed E-state index contributed by atoms with van der Waals surface area (Å²) >= 11 is 0. The Hall–Kier alpha value is 2.51. The Labute approximate surface area is 341 Å². The molecular formula is C31H51O10P13. The van der Waals surface area contributed by atoms with Crippen molar-refractivity contribution < 1.29 is 47.8 Å². The molecule has 1 aromatic carbocycles. The fourth-order valence-electron chi connectivity index (χ4n) is 8.75. The van der Waals surface area contributed by atoms with E-state index in [4.69, 9.17) is 23.5 Å². The van der Waals surface area contributed by atoms with Crippen LogP contribution in [0.1, 0.15) is 64.7 Å². The van der Waals surface area contributed by atoms with Gasteiger partial charge in [-0.2, -0.15) is 0 Å². The fraction of sp³-hybridized carbons (Fsp3) is 0.613. The van der Waals surface area contributed by atoms with E-state index in [2.05, 4.69) is 62.5 Å². The maximum absolute atomic E-state index is 15.5. The average Bonchev–Trinajstić information content (AvgIpc) is 3.07. The molecule has 3 aliphatic carbocycles. The Morgan fingerprint density at radius 2 is 1.50 bits per heavy atom. The number of esters is 3. The molecule has 0 spiro atoms. The maximum Gasteiger partial charge on any atom is 0.338 e. The van der Waals surface area contributed by atoms with Crippen LogP contribution in [-0.2, 0) is 37.9 Å². The lowest BCUT2D eigenvalue weighted by Crippen LogP contribution is -2.79. The topological polar surface area (TPSA) is 135 Å². The van der Waals surface area contributed by atoms with Gasteiger partial charge in [0.05, 0.1) is 43.2 Å². The van der Waals surface area contributed by atoms with Gasteiger partial charge in [0.15, 0.2) is 17.5 Å². The van der Waals surface area contributed by atoms with Crippen LogP contribution < -0.4 is 0 Å². The minimum Gasteiger partial charge on any atom is -0.458 e. The van der Waals surface area contributed by atoms with Gasteiger partial charge in [-0.3, -0.25) is 14.4 Å². The van der Waals surface area contributed by atoms with Crippen LogP contribution in [0.5, 0.6) is 0 Å². The largest absolute Gasteiger partial charge is 0.458 e. The molecule has 54 heavy (non-hydrogen) atoms. The first-order chi connectivity index (χ1) is 25.1. The van der Waals surface area contributed by atoms with Crippen LogP contribution in [0.4, 0.5) is 0 Å². The van der Waals surface area contributed by atoms with E-state index in [9.17, 15) is 19.5 Å². The molecule has 0 amide bonds. The second kappa shape index (κ2) is 18.9. The third-order valence-electron chi connectivity index (χ3n) is 11.2. The zero-order valence-electron chi connectivity index (χ0n) is 30.9. The molecule has 3 fully saturated rings. The van der Waals surface area contributed by atoms with E-state index in [1.807, 2.05) is 20.8 Å². The summed E-state index contributed by atoms with van der Waals surface area (Å²) in [6.07, 6.45) is -4.62. The van der Waals surface area contributed by atoms with E-state index >= 15 is 4.79 Å². The average molecular weight is 986 g/mol. The summed E-state index contributed by atoms with van der Waals surface area (Å²) in [5, 5.41) is 12.1. The zero-order valence-corrected chi connectivity index (χ0v) is 44.3. The van der Waals surface area contributed by atoms with Crippen LogP contribution in [-0.4, -0.2) is 71.5 Å². The van der Waals surface area contributed by atoms with Crippen LogP contribution >= 0.6 is 105 Å². The van der Waals surface area contributed by atoms with E-state index < -0.39 is 125 Å². The van der Waals surface area contributed by atoms with Gasteiger partial charge in [0.1, 0.15) is 12.2 Å². The molecule has 4 aliphatic rings. The van der Waals surface area contributed by atoms with E-state index in [1.165, 1.54) is 13.8 Å². The lowest BCUT2D eigenvalue weighted by atomic mass is 9.46. The first kappa shape index (κ1) is 47.6. The quantitative estimate of drug-likeness (QED) is 0.0988. The van der Waals surface area contributed by atoms with Gasteiger partial charge in [-0.15, -0.1) is 53.6 Å². The molecule has 300 valence electrons. The second-order valence-corrected chi connectivity index (χ2v) is 63.5. The number of ether oxygens (including phenoxy) is 4. The first-order valence-corrected chi connectivity index (χ1v) is 39.8. The minimum atomic E-state index is -1.70. The van der Waals surface area contributed by atoms with E-state index in [0.29, 0.717) is 17.6 Å². The Morgan fingerprint density at radius 1 is 0.889 bits per heavy atom. The molecule has 2 bridgehead atoms. The lowest BCUT2D eigenvalue weighted by molar-refractivity contribution is -0.335. The molecule has 1 aromatic rings. The summed E-state index contributed by atoms with van der Waals surface area (Å²) in [6, 6.07) is 8.64. The SMILES string of the molecule is CC(=O)O[C@H]1C(=O)[C@@]2(C)[C@H]([C@H](OC(=O)c3ccccc3)C3C[C@H](OP(P(P)P(P)P)P(P(P)P)P(P)P)C(C)=C1C3(C)C)[C@]1(OC(C)=O)CO[C@@H]1C[C@@H]2O. The number of rotatable bonds is 11. The Kier molecular flexibility index (Phi) is 16.6. The van der Waals surface area contributed by atoms with E-state index in [1.54, 1.807) is 37.3 Å². The second-order valence-electron chi connectivity index (χ2n) is 14.7. The predicted molar refractivity (Wildman–Crippen MR) is 252 cm³/mol. The number of ketones is 1. The number of aliphatic hydroxyl groups excluding tert-OH is 1. The lowest BCUT2D eigenvalue weighted by Gasteiger charge is -2.66. The van der Waals surface area contributed by atoms with Gasteiger partial charge in [-0.1, -0.05) is 41.0 Å². The number of hydrogen-bond acceptors (Lipinski definition) is 10. The summed E-state index contributed by atoms with van der Waals surface area (Å²) < 4.78 is 32.5. The predicted octanol–water partition coefficient (Wildman–Crippen LogP) is 10.5. The molecule has 10 unspecified atom stereocenters. The Morgan fingerprint density at radius 3 is 2.00 bits per heavy atom. The number of benzene rings is 1. The van der Waals surface area contributed by atoms with Crippen LogP contribution in [0.2, 0.25) is 0 Å². The van der Waals surface area contributed by atoms with Crippen molar-refractivity contribution >= 4 is 129 Å². The fourth-order valence-corrected chi connectivity index (χ4v) is 105. The van der Waals surface area contributed by atoms with Crippen molar-refractivity contribution in [3.05, 3.63) is 47.0 Å². The highest BCUT2D eigenvalue weighted by atomic mass is 33.2. The van der Waals surface area contributed by atoms with Crippen molar-refractivity contribution in [3.63, 3.8) is 0 Å². The first-order valence-electron chi connectivity index (χ1n) is 17.0. The minimum absolute atomic E-state index is 0.00529. The smallest absolute Gasteiger partial charge is 0.338 e. The monoisotopic (exact) mass is 986 g/mol. The zero-order chi connectivity index (χ0) is 40.2. The van der Waals surface area contributed by atoms with Gasteiger partial charge >= 0.3 is 17.9 Å². The van der Waals surface area contributed by atoms with Crippen LogP contribution in [0.25, 0.3) is 0 Å². The van der Waals surface area contributed by atoms with Crippen molar-refractivity contribution in [2.45, 2.75) is 90.5 Å². The third kappa shape index (κ3) is 9.02. The molecule has 5 rings (SSSR count). The molecular weight excluding hydrogens is 935 g/mol. The van der Waals surface area contributed by atoms with Gasteiger partial charge in [0.2, 0.25) is 0 Å². The molecule has 0 aromatic heterocycles. The van der Waals surface area contributed by atoms with Crippen molar-refractivity contribution in [2.75, 3.05) is 6.61 Å². The van der Waals surface area contributed by atoms with Crippen molar-refractivity contribution in [2.24, 2.45) is 22.7 Å². The molecule has 18 atom stereocenters. The number of carbonyl (C=O) groups excluding carboxylic acids is 4. The highest BCUT2D eigenvalue weighted by Gasteiger charge is 2.75. The van der Waals surface area contributed by atoms with Gasteiger partial charge in [0.25, 0.3) is 0 Å². The molecule has 0 radical (unpaired) electrons. The summed E-state index contributed by atoms with van der Waals surface area (Å²) in [7, 11) is 20.2. The summed E-state index contributed by atoms with van der Waals surface area (Å²) in [5.74, 6) is -3.99. The number of carbonyl (C=O) groups is 4. The molecule has 1 aliphatic heterocycles. The van der Waals surface area contributed by atoms with Crippen LogP contribution in [0, 0.1) is 22.7 Å². The standard InChI is InChI=1S/C31H51O10P13/c1-15-20(41-49(53(48)50(42)43)54(51(44)45)52(46)47)12-19-24(39-28(36)18-10-8-7-9-11-18)26-30(6,21(34)13-22-31(26,14-37-22)40-17(3)33)27(35)25(38-16(2)32)23(15)29(19,4)5/h7-11,19-22,24-26,34H,12-14,42-48H2,1-6H3/t19?,20-,21-,22+,24+,25+,26-,30+,31-,49?,53?/m0/s1.